The molecule has 2 bridgehead atoms. The average Bonchev–Trinajstić information content (AvgIpc) is 2.92. The second-order valence-corrected chi connectivity index (χ2v) is 7.22. The first-order valence-corrected chi connectivity index (χ1v) is 8.29. The molecule has 0 amide bonds. The number of nitrogens with zero attached hydrogens (tertiary/aromatic N) is 1. The van der Waals surface area contributed by atoms with Crippen molar-refractivity contribution in [1.29, 1.82) is 0 Å². The Balaban J connectivity index is 1.91. The highest BCUT2D eigenvalue weighted by molar-refractivity contribution is 7.89. The lowest BCUT2D eigenvalue weighted by Crippen LogP contribution is -2.45. The molecule has 2 atom stereocenters. The van der Waals surface area contributed by atoms with Gasteiger partial charge >= 0.3 is 0 Å². The monoisotopic (exact) mass is 305 g/mol. The number of ether oxygens (including phenoxy) is 1. The molecule has 106 valence electrons. The second-order valence-electron chi connectivity index (χ2n) is 5.05. The molecule has 0 spiro atoms. The minimum Gasteiger partial charge on any atom is -0.464 e. The van der Waals surface area contributed by atoms with Gasteiger partial charge in [0.05, 0.1) is 18.1 Å². The van der Waals surface area contributed by atoms with Crippen molar-refractivity contribution in [2.45, 2.75) is 42.7 Å². The first-order valence-electron chi connectivity index (χ1n) is 6.31. The Morgan fingerprint density at radius 3 is 2.53 bits per heavy atom. The van der Waals surface area contributed by atoms with E-state index in [4.69, 9.17) is 20.8 Å². The van der Waals surface area contributed by atoms with Gasteiger partial charge in [-0.1, -0.05) is 0 Å². The Morgan fingerprint density at radius 2 is 2.00 bits per heavy atom. The van der Waals surface area contributed by atoms with Crippen molar-refractivity contribution in [1.82, 2.24) is 4.31 Å². The van der Waals surface area contributed by atoms with E-state index in [0.29, 0.717) is 24.6 Å². The minimum absolute atomic E-state index is 0.0354. The summed E-state index contributed by atoms with van der Waals surface area (Å²) in [6.07, 6.45) is 1.95. The maximum Gasteiger partial charge on any atom is 0.246 e. The highest BCUT2D eigenvalue weighted by atomic mass is 35.5. The van der Waals surface area contributed by atoms with Crippen molar-refractivity contribution in [2.75, 3.05) is 13.1 Å². The average molecular weight is 306 g/mol. The van der Waals surface area contributed by atoms with E-state index in [0.717, 1.165) is 12.8 Å². The van der Waals surface area contributed by atoms with Crippen LogP contribution in [0.4, 0.5) is 0 Å². The number of halogens is 1. The molecule has 0 aliphatic carbocycles. The van der Waals surface area contributed by atoms with E-state index >= 15 is 0 Å². The zero-order valence-electron chi connectivity index (χ0n) is 10.6. The molecule has 2 aliphatic rings. The fourth-order valence-corrected chi connectivity index (χ4v) is 4.58. The fraction of sp³-hybridized carbons (Fsp3) is 0.667. The second kappa shape index (κ2) is 4.77. The summed E-state index contributed by atoms with van der Waals surface area (Å²) < 4.78 is 37.8. The van der Waals surface area contributed by atoms with Gasteiger partial charge in [-0.15, -0.1) is 11.6 Å². The molecule has 0 aromatic carbocycles. The highest BCUT2D eigenvalue weighted by Crippen LogP contribution is 2.31. The number of aryl methyl sites for hydroxylation is 1. The SMILES string of the molecule is Cc1oc(CCl)cc1S(=O)(=O)N1CC2CCC(C1)O2. The Bertz CT molecular complexity index is 571. The molecule has 1 aromatic heterocycles. The van der Waals surface area contributed by atoms with Crippen molar-refractivity contribution in [3.63, 3.8) is 0 Å². The summed E-state index contributed by atoms with van der Waals surface area (Å²) in [5.41, 5.74) is 0. The predicted octanol–water partition coefficient (Wildman–Crippen LogP) is 1.88. The molecule has 2 fully saturated rings. The molecule has 0 saturated carbocycles. The van der Waals surface area contributed by atoms with Crippen LogP contribution in [0.25, 0.3) is 0 Å². The normalized spacial score (nSPS) is 27.9. The number of sulfonamides is 1. The van der Waals surface area contributed by atoms with Crippen molar-refractivity contribution in [3.8, 4) is 0 Å². The number of morpholine rings is 1. The van der Waals surface area contributed by atoms with E-state index in [1.165, 1.54) is 10.4 Å². The number of furan rings is 1. The van der Waals surface area contributed by atoms with Crippen LogP contribution in [0.2, 0.25) is 0 Å². The van der Waals surface area contributed by atoms with Crippen LogP contribution in [0.1, 0.15) is 24.4 Å². The fourth-order valence-electron chi connectivity index (χ4n) is 2.76. The van der Waals surface area contributed by atoms with Gasteiger partial charge in [0.1, 0.15) is 16.4 Å². The first-order chi connectivity index (χ1) is 9.00. The Labute approximate surface area is 117 Å². The predicted molar refractivity (Wildman–Crippen MR) is 69.7 cm³/mol. The topological polar surface area (TPSA) is 59.8 Å². The first kappa shape index (κ1) is 13.4. The molecule has 3 rings (SSSR count). The number of rotatable bonds is 3. The maximum atomic E-state index is 12.6. The number of hydrogen-bond donors (Lipinski definition) is 0. The van der Waals surface area contributed by atoms with Crippen LogP contribution in [-0.4, -0.2) is 38.0 Å². The maximum absolute atomic E-state index is 12.6. The van der Waals surface area contributed by atoms with Crippen LogP contribution < -0.4 is 0 Å². The van der Waals surface area contributed by atoms with Crippen molar-refractivity contribution >= 4 is 21.6 Å². The van der Waals surface area contributed by atoms with Gasteiger partial charge in [0, 0.05) is 19.2 Å². The van der Waals surface area contributed by atoms with E-state index in [9.17, 15) is 8.42 Å². The largest absolute Gasteiger partial charge is 0.464 e. The van der Waals surface area contributed by atoms with Gasteiger partial charge in [-0.25, -0.2) is 8.42 Å². The van der Waals surface area contributed by atoms with Gasteiger partial charge in [-0.05, 0) is 19.8 Å². The molecule has 2 aliphatic heterocycles. The van der Waals surface area contributed by atoms with Crippen molar-refractivity contribution < 1.29 is 17.6 Å². The number of fused-ring (bicyclic) bond motifs is 2. The molecule has 7 heteroatoms. The number of hydrogen-bond acceptors (Lipinski definition) is 4. The summed E-state index contributed by atoms with van der Waals surface area (Å²) in [7, 11) is -3.51. The third-order valence-corrected chi connectivity index (χ3v) is 5.89. The zero-order chi connectivity index (χ0) is 13.6. The van der Waals surface area contributed by atoms with Crippen LogP contribution >= 0.6 is 11.6 Å². The molecule has 3 heterocycles. The molecule has 19 heavy (non-hydrogen) atoms. The van der Waals surface area contributed by atoms with Crippen LogP contribution in [-0.2, 0) is 20.6 Å². The summed E-state index contributed by atoms with van der Waals surface area (Å²) >= 11 is 5.68. The van der Waals surface area contributed by atoms with Gasteiger partial charge in [0.25, 0.3) is 0 Å². The number of alkyl halides is 1. The van der Waals surface area contributed by atoms with Gasteiger partial charge < -0.3 is 9.15 Å². The third-order valence-electron chi connectivity index (χ3n) is 3.68. The van der Waals surface area contributed by atoms with Crippen LogP contribution in [0.15, 0.2) is 15.4 Å². The molecule has 5 nitrogen and oxygen atoms in total. The van der Waals surface area contributed by atoms with Crippen LogP contribution in [0, 0.1) is 6.92 Å². The zero-order valence-corrected chi connectivity index (χ0v) is 12.2. The van der Waals surface area contributed by atoms with E-state index in [1.54, 1.807) is 6.92 Å². The summed E-state index contributed by atoms with van der Waals surface area (Å²) in [5, 5.41) is 0. The molecule has 2 saturated heterocycles. The molecule has 0 N–H and O–H groups in total. The van der Waals surface area contributed by atoms with Crippen molar-refractivity contribution in [3.05, 3.63) is 17.6 Å². The Kier molecular flexibility index (Phi) is 3.37. The van der Waals surface area contributed by atoms with Crippen LogP contribution in [0.5, 0.6) is 0 Å². The lowest BCUT2D eigenvalue weighted by molar-refractivity contribution is -0.0114. The Morgan fingerprint density at radius 1 is 1.37 bits per heavy atom. The molecular weight excluding hydrogens is 290 g/mol. The summed E-state index contributed by atoms with van der Waals surface area (Å²) in [6.45, 7) is 2.51. The van der Waals surface area contributed by atoms with E-state index in [1.807, 2.05) is 0 Å². The van der Waals surface area contributed by atoms with E-state index < -0.39 is 10.0 Å². The quantitative estimate of drug-likeness (QED) is 0.800. The van der Waals surface area contributed by atoms with Gasteiger partial charge in [-0.2, -0.15) is 4.31 Å². The highest BCUT2D eigenvalue weighted by Gasteiger charge is 2.40. The van der Waals surface area contributed by atoms with Gasteiger partial charge in [-0.3, -0.25) is 0 Å². The van der Waals surface area contributed by atoms with Gasteiger partial charge in [0.15, 0.2) is 0 Å². The smallest absolute Gasteiger partial charge is 0.246 e. The molecule has 1 aromatic rings. The Hall–Kier alpha value is -0.560. The van der Waals surface area contributed by atoms with E-state index in [2.05, 4.69) is 0 Å². The molecule has 2 unspecified atom stereocenters. The van der Waals surface area contributed by atoms with Crippen LogP contribution in [0.3, 0.4) is 0 Å². The molecular formula is C12H16ClNO4S. The van der Waals surface area contributed by atoms with Gasteiger partial charge in [0.2, 0.25) is 10.0 Å². The summed E-state index contributed by atoms with van der Waals surface area (Å²) in [5.74, 6) is 1.05. The van der Waals surface area contributed by atoms with Crippen molar-refractivity contribution in [2.24, 2.45) is 0 Å². The van der Waals surface area contributed by atoms with E-state index in [-0.39, 0.29) is 23.0 Å². The lowest BCUT2D eigenvalue weighted by Gasteiger charge is -2.30. The third kappa shape index (κ3) is 2.31. The summed E-state index contributed by atoms with van der Waals surface area (Å²) in [6, 6.07) is 1.52. The summed E-state index contributed by atoms with van der Waals surface area (Å²) in [4.78, 5) is 0.226. The lowest BCUT2D eigenvalue weighted by atomic mass is 10.2. The minimum atomic E-state index is -3.51. The standard InChI is InChI=1S/C12H16ClNO4S/c1-8-12(4-11(5-13)17-8)19(15,16)14-6-9-2-3-10(7-14)18-9/h4,9-10H,2-3,5-7H2,1H3. The molecule has 0 radical (unpaired) electrons.